The topological polar surface area (TPSA) is 53.1 Å². The molecule has 1 heterocycles. The molecule has 0 atom stereocenters. The molecule has 0 unspecified atom stereocenters. The van der Waals surface area contributed by atoms with Crippen molar-refractivity contribution in [3.8, 4) is 28.7 Å². The molecule has 0 aliphatic heterocycles. The minimum Gasteiger partial charge on any atom is -0.435 e. The van der Waals surface area contributed by atoms with Crippen LogP contribution in [0.5, 0.6) is 0 Å². The fraction of sp³-hybridized carbons (Fsp3) is 0.143. The Hall–Kier alpha value is -4.10. The molecule has 32 heavy (non-hydrogen) atoms. The highest BCUT2D eigenvalue weighted by Crippen LogP contribution is 2.37. The van der Waals surface area contributed by atoms with E-state index >= 15 is 0 Å². The third-order valence-electron chi connectivity index (χ3n) is 5.96. The van der Waals surface area contributed by atoms with Crippen LogP contribution in [-0.2, 0) is 0 Å². The maximum absolute atomic E-state index is 9.05. The van der Waals surface area contributed by atoms with Gasteiger partial charge in [0.1, 0.15) is 5.52 Å². The lowest BCUT2D eigenvalue weighted by Crippen LogP contribution is -2.21. The average molecular weight is 418 g/mol. The predicted octanol–water partition coefficient (Wildman–Crippen LogP) is 7.03. The highest BCUT2D eigenvalue weighted by Gasteiger charge is 2.15. The molecule has 0 aliphatic rings. The van der Waals surface area contributed by atoms with Crippen molar-refractivity contribution in [1.82, 2.24) is 4.98 Å². The minimum atomic E-state index is 0.559. The van der Waals surface area contributed by atoms with E-state index in [0.717, 1.165) is 51.7 Å². The summed E-state index contributed by atoms with van der Waals surface area (Å²) in [5.41, 5.74) is 6.60. The van der Waals surface area contributed by atoms with Gasteiger partial charge in [0.2, 0.25) is 5.89 Å². The van der Waals surface area contributed by atoms with Crippen LogP contribution in [0.4, 0.5) is 5.69 Å². The molecule has 4 heteroatoms. The van der Waals surface area contributed by atoms with Crippen LogP contribution in [0.3, 0.4) is 0 Å². The zero-order valence-electron chi connectivity index (χ0n) is 18.2. The summed E-state index contributed by atoms with van der Waals surface area (Å²) in [5, 5.41) is 11.2. The van der Waals surface area contributed by atoms with Crippen LogP contribution in [0.15, 0.2) is 83.3 Å². The number of anilines is 1. The molecule has 0 spiro atoms. The normalized spacial score (nSPS) is 11.0. The van der Waals surface area contributed by atoms with Gasteiger partial charge in [0.25, 0.3) is 0 Å². The number of aromatic nitrogens is 1. The van der Waals surface area contributed by atoms with Crippen LogP contribution >= 0.6 is 0 Å². The SMILES string of the molecule is CCN(CC)c1ccc(-c2cc3nc(-c4ccc(C#N)cc4)oc3c3ccccc23)cc1. The van der Waals surface area contributed by atoms with Crippen molar-refractivity contribution in [3.63, 3.8) is 0 Å². The fourth-order valence-electron chi connectivity index (χ4n) is 4.24. The van der Waals surface area contributed by atoms with Gasteiger partial charge in [0, 0.05) is 29.7 Å². The van der Waals surface area contributed by atoms with Crippen LogP contribution < -0.4 is 4.90 Å². The number of hydrogen-bond acceptors (Lipinski definition) is 4. The molecule has 5 aromatic rings. The largest absolute Gasteiger partial charge is 0.435 e. The third kappa shape index (κ3) is 3.38. The van der Waals surface area contributed by atoms with Gasteiger partial charge in [-0.05, 0) is 72.8 Å². The highest BCUT2D eigenvalue weighted by atomic mass is 16.3. The molecule has 0 amide bonds. The summed E-state index contributed by atoms with van der Waals surface area (Å²) < 4.78 is 6.21. The highest BCUT2D eigenvalue weighted by molar-refractivity contribution is 6.10. The van der Waals surface area contributed by atoms with Crippen LogP contribution in [0.1, 0.15) is 19.4 Å². The summed E-state index contributed by atoms with van der Waals surface area (Å²) in [4.78, 5) is 7.13. The molecule has 0 aliphatic carbocycles. The molecule has 5 rings (SSSR count). The maximum Gasteiger partial charge on any atom is 0.227 e. The summed E-state index contributed by atoms with van der Waals surface area (Å²) in [5.74, 6) is 0.559. The smallest absolute Gasteiger partial charge is 0.227 e. The predicted molar refractivity (Wildman–Crippen MR) is 131 cm³/mol. The lowest BCUT2D eigenvalue weighted by atomic mass is 9.97. The van der Waals surface area contributed by atoms with Gasteiger partial charge in [-0.25, -0.2) is 4.98 Å². The van der Waals surface area contributed by atoms with E-state index in [1.807, 2.05) is 18.2 Å². The van der Waals surface area contributed by atoms with E-state index in [0.29, 0.717) is 11.5 Å². The number of hydrogen-bond donors (Lipinski definition) is 0. The molecule has 0 saturated carbocycles. The van der Waals surface area contributed by atoms with E-state index in [9.17, 15) is 0 Å². The molecule has 4 nitrogen and oxygen atoms in total. The summed E-state index contributed by atoms with van der Waals surface area (Å²) in [6, 6.07) is 28.6. The standard InChI is InChI=1S/C28H23N3O/c1-3-31(4-2)22-15-13-20(14-16-22)25-17-26-27(24-8-6-5-7-23(24)25)32-28(30-26)21-11-9-19(18-29)10-12-21/h5-17H,3-4H2,1-2H3. The molecule has 0 fully saturated rings. The third-order valence-corrected chi connectivity index (χ3v) is 5.96. The Labute approximate surface area is 187 Å². The van der Waals surface area contributed by atoms with Crippen molar-refractivity contribution in [2.75, 3.05) is 18.0 Å². The zero-order chi connectivity index (χ0) is 22.1. The van der Waals surface area contributed by atoms with Crippen molar-refractivity contribution in [2.24, 2.45) is 0 Å². The Kier molecular flexibility index (Phi) is 5.09. The molecule has 4 aromatic carbocycles. The first-order valence-corrected chi connectivity index (χ1v) is 10.9. The quantitative estimate of drug-likeness (QED) is 0.308. The summed E-state index contributed by atoms with van der Waals surface area (Å²) in [6.45, 7) is 6.33. The van der Waals surface area contributed by atoms with Gasteiger partial charge in [-0.2, -0.15) is 5.26 Å². The van der Waals surface area contributed by atoms with E-state index in [4.69, 9.17) is 14.7 Å². The number of rotatable bonds is 5. The van der Waals surface area contributed by atoms with E-state index in [2.05, 4.69) is 73.3 Å². The van der Waals surface area contributed by atoms with Crippen molar-refractivity contribution in [2.45, 2.75) is 13.8 Å². The van der Waals surface area contributed by atoms with Gasteiger partial charge in [-0.15, -0.1) is 0 Å². The Morgan fingerprint density at radius 1 is 0.844 bits per heavy atom. The van der Waals surface area contributed by atoms with Crippen LogP contribution in [0.25, 0.3) is 44.5 Å². The van der Waals surface area contributed by atoms with Gasteiger partial charge in [-0.3, -0.25) is 0 Å². The van der Waals surface area contributed by atoms with Gasteiger partial charge in [0.05, 0.1) is 11.6 Å². The van der Waals surface area contributed by atoms with E-state index < -0.39 is 0 Å². The van der Waals surface area contributed by atoms with Crippen molar-refractivity contribution < 1.29 is 4.42 Å². The lowest BCUT2D eigenvalue weighted by molar-refractivity contribution is 0.623. The van der Waals surface area contributed by atoms with Gasteiger partial charge in [-0.1, -0.05) is 36.4 Å². The lowest BCUT2D eigenvalue weighted by Gasteiger charge is -2.21. The molecule has 156 valence electrons. The van der Waals surface area contributed by atoms with Crippen molar-refractivity contribution in [3.05, 3.63) is 84.4 Å². The molecule has 0 radical (unpaired) electrons. The summed E-state index contributed by atoms with van der Waals surface area (Å²) in [6.07, 6.45) is 0. The fourth-order valence-corrected chi connectivity index (χ4v) is 4.24. The number of fused-ring (bicyclic) bond motifs is 3. The van der Waals surface area contributed by atoms with E-state index in [1.165, 1.54) is 5.69 Å². The van der Waals surface area contributed by atoms with E-state index in [1.54, 1.807) is 12.1 Å². The van der Waals surface area contributed by atoms with Crippen LogP contribution in [0.2, 0.25) is 0 Å². The summed E-state index contributed by atoms with van der Waals surface area (Å²) in [7, 11) is 0. The van der Waals surface area contributed by atoms with Gasteiger partial charge >= 0.3 is 0 Å². The van der Waals surface area contributed by atoms with Crippen molar-refractivity contribution >= 4 is 27.6 Å². The van der Waals surface area contributed by atoms with E-state index in [-0.39, 0.29) is 0 Å². The second-order valence-electron chi connectivity index (χ2n) is 7.75. The first kappa shape index (κ1) is 19.8. The molecular weight excluding hydrogens is 394 g/mol. The van der Waals surface area contributed by atoms with Gasteiger partial charge < -0.3 is 9.32 Å². The maximum atomic E-state index is 9.05. The molecular formula is C28H23N3O. The Bertz CT molecular complexity index is 1440. The molecule has 0 bridgehead atoms. The van der Waals surface area contributed by atoms with Gasteiger partial charge in [0.15, 0.2) is 5.58 Å². The zero-order valence-corrected chi connectivity index (χ0v) is 18.2. The van der Waals surface area contributed by atoms with Crippen LogP contribution in [-0.4, -0.2) is 18.1 Å². The second kappa shape index (κ2) is 8.20. The number of nitrogens with zero attached hydrogens (tertiary/aromatic N) is 3. The molecule has 1 aromatic heterocycles. The summed E-state index contributed by atoms with van der Waals surface area (Å²) >= 11 is 0. The number of benzene rings is 4. The van der Waals surface area contributed by atoms with Crippen LogP contribution in [0, 0.1) is 11.3 Å². The first-order valence-electron chi connectivity index (χ1n) is 10.9. The number of oxazole rings is 1. The number of nitriles is 1. The minimum absolute atomic E-state index is 0.559. The Balaban J connectivity index is 1.65. The second-order valence-corrected chi connectivity index (χ2v) is 7.75. The molecule has 0 N–H and O–H groups in total. The monoisotopic (exact) mass is 417 g/mol. The van der Waals surface area contributed by atoms with Crippen molar-refractivity contribution in [1.29, 1.82) is 5.26 Å². The average Bonchev–Trinajstić information content (AvgIpc) is 3.29. The molecule has 0 saturated heterocycles. The Morgan fingerprint density at radius 2 is 1.50 bits per heavy atom. The Morgan fingerprint density at radius 3 is 2.16 bits per heavy atom. The first-order chi connectivity index (χ1) is 15.7.